The molecule has 0 radical (unpaired) electrons. The van der Waals surface area contributed by atoms with Gasteiger partial charge in [-0.25, -0.2) is 13.4 Å². The molecule has 28 heavy (non-hydrogen) atoms. The summed E-state index contributed by atoms with van der Waals surface area (Å²) in [6.45, 7) is 8.80. The second-order valence-corrected chi connectivity index (χ2v) is 9.50. The zero-order valence-electron chi connectivity index (χ0n) is 16.8. The molecule has 0 aliphatic heterocycles. The van der Waals surface area contributed by atoms with E-state index < -0.39 is 10.0 Å². The van der Waals surface area contributed by atoms with Gasteiger partial charge < -0.3 is 10.6 Å². The van der Waals surface area contributed by atoms with Crippen LogP contribution in [-0.4, -0.2) is 44.9 Å². The average Bonchev–Trinajstić information content (AvgIpc) is 3.17. The minimum Gasteiger partial charge on any atom is -0.357 e. The van der Waals surface area contributed by atoms with E-state index >= 15 is 0 Å². The minimum atomic E-state index is -3.37. The van der Waals surface area contributed by atoms with Gasteiger partial charge in [0.25, 0.3) is 10.0 Å². The number of hydrogen-bond donors (Lipinski definition) is 2. The monoisotopic (exact) mass is 422 g/mol. The summed E-state index contributed by atoms with van der Waals surface area (Å²) in [4.78, 5) is 5.64. The first-order valence-electron chi connectivity index (χ1n) is 9.66. The molecule has 0 spiro atoms. The third-order valence-electron chi connectivity index (χ3n) is 4.21. The molecule has 0 atom stereocenters. The molecule has 0 bridgehead atoms. The van der Waals surface area contributed by atoms with Crippen molar-refractivity contribution in [1.82, 2.24) is 14.9 Å². The highest BCUT2D eigenvalue weighted by Gasteiger charge is 2.23. The fourth-order valence-electron chi connectivity index (χ4n) is 2.72. The van der Waals surface area contributed by atoms with Crippen LogP contribution in [0.25, 0.3) is 0 Å². The van der Waals surface area contributed by atoms with Crippen LogP contribution >= 0.6 is 11.3 Å². The summed E-state index contributed by atoms with van der Waals surface area (Å²) in [6, 6.07) is 13.7. The lowest BCUT2D eigenvalue weighted by atomic mass is 10.2. The smallest absolute Gasteiger partial charge is 0.252 e. The van der Waals surface area contributed by atoms with Crippen molar-refractivity contribution in [1.29, 1.82) is 0 Å². The molecule has 2 aromatic rings. The van der Waals surface area contributed by atoms with E-state index in [9.17, 15) is 8.42 Å². The van der Waals surface area contributed by atoms with Crippen molar-refractivity contribution in [3.05, 3.63) is 52.9 Å². The molecule has 1 aromatic heterocycles. The summed E-state index contributed by atoms with van der Waals surface area (Å²) in [5, 5.41) is 6.56. The van der Waals surface area contributed by atoms with Crippen molar-refractivity contribution >= 4 is 27.3 Å². The maximum atomic E-state index is 12.6. The first-order chi connectivity index (χ1) is 13.5. The van der Waals surface area contributed by atoms with Gasteiger partial charge in [-0.3, -0.25) is 0 Å². The van der Waals surface area contributed by atoms with Crippen LogP contribution in [0, 0.1) is 0 Å². The SMILES string of the molecule is CCNC(=NCc1ccccc1)NCCc1ccc(S(=O)(=O)N(CC)CC)s1. The van der Waals surface area contributed by atoms with Crippen LogP contribution in [0.2, 0.25) is 0 Å². The lowest BCUT2D eigenvalue weighted by molar-refractivity contribution is 0.447. The quantitative estimate of drug-likeness (QED) is 0.456. The number of sulfonamides is 1. The van der Waals surface area contributed by atoms with Crippen LogP contribution in [0.1, 0.15) is 31.2 Å². The highest BCUT2D eigenvalue weighted by atomic mass is 32.2. The van der Waals surface area contributed by atoms with Crippen molar-refractivity contribution in [2.24, 2.45) is 4.99 Å². The van der Waals surface area contributed by atoms with Gasteiger partial charge >= 0.3 is 0 Å². The minimum absolute atomic E-state index is 0.413. The van der Waals surface area contributed by atoms with Crippen LogP contribution in [-0.2, 0) is 23.0 Å². The van der Waals surface area contributed by atoms with Crippen molar-refractivity contribution in [3.63, 3.8) is 0 Å². The number of hydrogen-bond acceptors (Lipinski definition) is 4. The molecule has 0 aliphatic rings. The molecule has 0 fully saturated rings. The van der Waals surface area contributed by atoms with Gasteiger partial charge in [0.05, 0.1) is 6.54 Å². The third-order valence-corrected chi connectivity index (χ3v) is 7.87. The Labute approximate surface area is 172 Å². The molecule has 1 heterocycles. The summed E-state index contributed by atoms with van der Waals surface area (Å²) in [5.74, 6) is 0.763. The van der Waals surface area contributed by atoms with Crippen molar-refractivity contribution in [3.8, 4) is 0 Å². The molecule has 0 saturated carbocycles. The summed E-state index contributed by atoms with van der Waals surface area (Å²) in [6.07, 6.45) is 0.744. The predicted octanol–water partition coefficient (Wildman–Crippen LogP) is 3.08. The Kier molecular flexibility index (Phi) is 8.95. The molecule has 0 saturated heterocycles. The Morgan fingerprint density at radius 1 is 1.04 bits per heavy atom. The van der Waals surface area contributed by atoms with Crippen molar-refractivity contribution in [2.75, 3.05) is 26.2 Å². The van der Waals surface area contributed by atoms with Crippen LogP contribution in [0.5, 0.6) is 0 Å². The molecular weight excluding hydrogens is 392 g/mol. The van der Waals surface area contributed by atoms with Gasteiger partial charge in [-0.05, 0) is 31.0 Å². The molecule has 0 aliphatic carbocycles. The van der Waals surface area contributed by atoms with E-state index in [4.69, 9.17) is 0 Å². The number of rotatable bonds is 10. The number of guanidine groups is 1. The predicted molar refractivity (Wildman–Crippen MR) is 117 cm³/mol. The maximum Gasteiger partial charge on any atom is 0.252 e. The highest BCUT2D eigenvalue weighted by molar-refractivity contribution is 7.91. The van der Waals surface area contributed by atoms with Crippen LogP contribution < -0.4 is 10.6 Å². The van der Waals surface area contributed by atoms with E-state index in [0.29, 0.717) is 30.4 Å². The van der Waals surface area contributed by atoms with Crippen LogP contribution in [0.15, 0.2) is 51.7 Å². The second-order valence-electron chi connectivity index (χ2n) is 6.17. The average molecular weight is 423 g/mol. The zero-order chi connectivity index (χ0) is 20.4. The van der Waals surface area contributed by atoms with E-state index in [1.165, 1.54) is 15.6 Å². The van der Waals surface area contributed by atoms with Crippen molar-refractivity contribution in [2.45, 2.75) is 37.9 Å². The van der Waals surface area contributed by atoms with E-state index in [1.54, 1.807) is 6.07 Å². The summed E-state index contributed by atoms with van der Waals surface area (Å²) >= 11 is 1.34. The molecule has 0 unspecified atom stereocenters. The molecular formula is C20H30N4O2S2. The fraction of sp³-hybridized carbons (Fsp3) is 0.450. The van der Waals surface area contributed by atoms with E-state index in [0.717, 1.165) is 29.4 Å². The largest absolute Gasteiger partial charge is 0.357 e. The maximum absolute atomic E-state index is 12.6. The van der Waals surface area contributed by atoms with Gasteiger partial charge in [-0.15, -0.1) is 11.3 Å². The highest BCUT2D eigenvalue weighted by Crippen LogP contribution is 2.25. The zero-order valence-corrected chi connectivity index (χ0v) is 18.4. The normalized spacial score (nSPS) is 12.4. The first-order valence-corrected chi connectivity index (χ1v) is 11.9. The van der Waals surface area contributed by atoms with E-state index in [2.05, 4.69) is 27.8 Å². The first kappa shape index (κ1) is 22.4. The van der Waals surface area contributed by atoms with Crippen molar-refractivity contribution < 1.29 is 8.42 Å². The molecule has 0 amide bonds. The van der Waals surface area contributed by atoms with Crippen LogP contribution in [0.4, 0.5) is 0 Å². The van der Waals surface area contributed by atoms with Crippen LogP contribution in [0.3, 0.4) is 0 Å². The molecule has 1 aromatic carbocycles. The Balaban J connectivity index is 1.93. The lowest BCUT2D eigenvalue weighted by Crippen LogP contribution is -2.38. The summed E-state index contributed by atoms with van der Waals surface area (Å²) in [5.41, 5.74) is 1.16. The number of nitrogens with zero attached hydrogens (tertiary/aromatic N) is 2. The molecule has 2 N–H and O–H groups in total. The van der Waals surface area contributed by atoms with Gasteiger partial charge in [0.1, 0.15) is 4.21 Å². The summed E-state index contributed by atoms with van der Waals surface area (Å²) < 4.78 is 27.1. The Bertz CT molecular complexity index is 844. The summed E-state index contributed by atoms with van der Waals surface area (Å²) in [7, 11) is -3.37. The Morgan fingerprint density at radius 2 is 1.75 bits per heavy atom. The van der Waals surface area contributed by atoms with Gasteiger partial charge in [-0.1, -0.05) is 44.2 Å². The van der Waals surface area contributed by atoms with Gasteiger partial charge in [0, 0.05) is 31.1 Å². The number of thiophene rings is 1. The lowest BCUT2D eigenvalue weighted by Gasteiger charge is -2.16. The van der Waals surface area contributed by atoms with E-state index in [-0.39, 0.29) is 0 Å². The number of nitrogens with one attached hydrogen (secondary N) is 2. The molecule has 154 valence electrons. The Hall–Kier alpha value is -1.90. The Morgan fingerprint density at radius 3 is 2.39 bits per heavy atom. The molecule has 2 rings (SSSR count). The van der Waals surface area contributed by atoms with Gasteiger partial charge in [-0.2, -0.15) is 4.31 Å². The number of aliphatic imine (C=N–C) groups is 1. The molecule has 6 nitrogen and oxygen atoms in total. The number of benzene rings is 1. The van der Waals surface area contributed by atoms with Gasteiger partial charge in [0.15, 0.2) is 5.96 Å². The third kappa shape index (κ3) is 6.32. The standard InChI is InChI=1S/C20H30N4O2S2/c1-4-21-20(23-16-17-10-8-7-9-11-17)22-15-14-18-12-13-19(27-18)28(25,26)24(5-2)6-3/h7-13H,4-6,14-16H2,1-3H3,(H2,21,22,23). The van der Waals surface area contributed by atoms with E-state index in [1.807, 2.05) is 45.0 Å². The van der Waals surface area contributed by atoms with Gasteiger partial charge in [0.2, 0.25) is 0 Å². The molecule has 8 heteroatoms. The topological polar surface area (TPSA) is 73.8 Å². The second kappa shape index (κ2) is 11.2. The fourth-order valence-corrected chi connectivity index (χ4v) is 5.69.